The quantitative estimate of drug-likeness (QED) is 0.652. The number of rotatable bonds is 6. The first kappa shape index (κ1) is 15.1. The molecule has 0 spiro atoms. The first-order chi connectivity index (χ1) is 10.1. The summed E-state index contributed by atoms with van der Waals surface area (Å²) in [6, 6.07) is 8.66. The van der Waals surface area contributed by atoms with Gasteiger partial charge in [-0.2, -0.15) is 0 Å². The van der Waals surface area contributed by atoms with Gasteiger partial charge in [0.05, 0.1) is 10.6 Å². The van der Waals surface area contributed by atoms with Gasteiger partial charge in [0.15, 0.2) is 0 Å². The number of nitro groups is 1. The van der Waals surface area contributed by atoms with Crippen molar-refractivity contribution in [3.05, 3.63) is 63.7 Å². The molecule has 6 heteroatoms. The molecule has 110 valence electrons. The zero-order chi connectivity index (χ0) is 15.2. The number of non-ortho nitro benzene ring substituents is 1. The van der Waals surface area contributed by atoms with Crippen LogP contribution in [-0.4, -0.2) is 14.9 Å². The van der Waals surface area contributed by atoms with E-state index < -0.39 is 0 Å². The SMILES string of the molecule is CCC(NCc1ccnc(C)n1)c1cccc([N+](=O)[O-])c1. The monoisotopic (exact) mass is 286 g/mol. The third-order valence-corrected chi connectivity index (χ3v) is 3.25. The average Bonchev–Trinajstić information content (AvgIpc) is 2.48. The highest BCUT2D eigenvalue weighted by Crippen LogP contribution is 2.21. The Morgan fingerprint density at radius 2 is 2.19 bits per heavy atom. The second-order valence-corrected chi connectivity index (χ2v) is 4.79. The Hall–Kier alpha value is -2.34. The van der Waals surface area contributed by atoms with Crippen molar-refractivity contribution in [3.63, 3.8) is 0 Å². The predicted octanol–water partition coefficient (Wildman–Crippen LogP) is 2.93. The van der Waals surface area contributed by atoms with Crippen LogP contribution in [0.1, 0.15) is 36.5 Å². The van der Waals surface area contributed by atoms with Gasteiger partial charge in [-0.25, -0.2) is 9.97 Å². The maximum atomic E-state index is 10.8. The largest absolute Gasteiger partial charge is 0.304 e. The Morgan fingerprint density at radius 1 is 1.38 bits per heavy atom. The minimum atomic E-state index is -0.371. The van der Waals surface area contributed by atoms with E-state index in [1.54, 1.807) is 18.3 Å². The zero-order valence-electron chi connectivity index (χ0n) is 12.1. The van der Waals surface area contributed by atoms with E-state index in [9.17, 15) is 10.1 Å². The van der Waals surface area contributed by atoms with Gasteiger partial charge in [0.2, 0.25) is 0 Å². The van der Waals surface area contributed by atoms with E-state index in [0.717, 1.165) is 23.5 Å². The predicted molar refractivity (Wildman–Crippen MR) is 79.7 cm³/mol. The topological polar surface area (TPSA) is 81.0 Å². The molecule has 6 nitrogen and oxygen atoms in total. The van der Waals surface area contributed by atoms with E-state index >= 15 is 0 Å². The number of benzene rings is 1. The molecule has 0 aliphatic carbocycles. The smallest absolute Gasteiger partial charge is 0.269 e. The first-order valence-electron chi connectivity index (χ1n) is 6.86. The molecular formula is C15H18N4O2. The molecule has 2 rings (SSSR count). The third-order valence-electron chi connectivity index (χ3n) is 3.25. The Kier molecular flexibility index (Phi) is 4.94. The lowest BCUT2D eigenvalue weighted by atomic mass is 10.0. The molecule has 0 fully saturated rings. The summed E-state index contributed by atoms with van der Waals surface area (Å²) < 4.78 is 0. The lowest BCUT2D eigenvalue weighted by Crippen LogP contribution is -2.21. The summed E-state index contributed by atoms with van der Waals surface area (Å²) in [5.74, 6) is 0.734. The van der Waals surface area contributed by atoms with Gasteiger partial charge in [-0.1, -0.05) is 19.1 Å². The number of hydrogen-bond donors (Lipinski definition) is 1. The van der Waals surface area contributed by atoms with Crippen molar-refractivity contribution in [1.29, 1.82) is 0 Å². The van der Waals surface area contributed by atoms with Crippen molar-refractivity contribution in [1.82, 2.24) is 15.3 Å². The van der Waals surface area contributed by atoms with Crippen LogP contribution in [-0.2, 0) is 6.54 Å². The summed E-state index contributed by atoms with van der Waals surface area (Å²) in [5.41, 5.74) is 1.94. The van der Waals surface area contributed by atoms with Gasteiger partial charge in [0, 0.05) is 30.9 Å². The summed E-state index contributed by atoms with van der Waals surface area (Å²) in [4.78, 5) is 18.9. The Labute approximate surface area is 123 Å². The lowest BCUT2D eigenvalue weighted by molar-refractivity contribution is -0.384. The summed E-state index contributed by atoms with van der Waals surface area (Å²) >= 11 is 0. The van der Waals surface area contributed by atoms with Crippen molar-refractivity contribution in [2.45, 2.75) is 32.9 Å². The summed E-state index contributed by atoms with van der Waals surface area (Å²) in [6.07, 6.45) is 2.57. The second kappa shape index (κ2) is 6.90. The maximum absolute atomic E-state index is 10.8. The van der Waals surface area contributed by atoms with E-state index in [2.05, 4.69) is 15.3 Å². The van der Waals surface area contributed by atoms with Gasteiger partial charge >= 0.3 is 0 Å². The van der Waals surface area contributed by atoms with Crippen molar-refractivity contribution < 1.29 is 4.92 Å². The highest BCUT2D eigenvalue weighted by Gasteiger charge is 2.13. The molecule has 2 aromatic rings. The number of aromatic nitrogens is 2. The number of nitro benzene ring substituents is 1. The van der Waals surface area contributed by atoms with Crippen LogP contribution in [0.4, 0.5) is 5.69 Å². The molecule has 1 unspecified atom stereocenters. The molecule has 1 N–H and O–H groups in total. The number of nitrogens with zero attached hydrogens (tertiary/aromatic N) is 3. The van der Waals surface area contributed by atoms with Crippen LogP contribution in [0.2, 0.25) is 0 Å². The fraction of sp³-hybridized carbons (Fsp3) is 0.333. The van der Waals surface area contributed by atoms with E-state index in [0.29, 0.717) is 6.54 Å². The summed E-state index contributed by atoms with van der Waals surface area (Å²) in [5, 5.41) is 14.2. The van der Waals surface area contributed by atoms with Gasteiger partial charge in [0.1, 0.15) is 5.82 Å². The summed E-state index contributed by atoms with van der Waals surface area (Å²) in [6.45, 7) is 4.49. The van der Waals surface area contributed by atoms with Crippen molar-refractivity contribution in [3.8, 4) is 0 Å². The highest BCUT2D eigenvalue weighted by atomic mass is 16.6. The van der Waals surface area contributed by atoms with Gasteiger partial charge < -0.3 is 5.32 Å². The molecule has 0 aliphatic rings. The highest BCUT2D eigenvalue weighted by molar-refractivity contribution is 5.35. The van der Waals surface area contributed by atoms with Crippen LogP contribution < -0.4 is 5.32 Å². The normalized spacial score (nSPS) is 12.1. The number of hydrogen-bond acceptors (Lipinski definition) is 5. The van der Waals surface area contributed by atoms with Crippen LogP contribution in [0, 0.1) is 17.0 Å². The molecule has 0 bridgehead atoms. The minimum absolute atomic E-state index is 0.0557. The molecule has 1 aromatic carbocycles. The van der Waals surface area contributed by atoms with Crippen molar-refractivity contribution in [2.24, 2.45) is 0 Å². The molecule has 0 amide bonds. The second-order valence-electron chi connectivity index (χ2n) is 4.79. The van der Waals surface area contributed by atoms with Crippen molar-refractivity contribution in [2.75, 3.05) is 0 Å². The molecule has 21 heavy (non-hydrogen) atoms. The molecule has 0 aliphatic heterocycles. The van der Waals surface area contributed by atoms with Crippen LogP contribution in [0.15, 0.2) is 36.5 Å². The van der Waals surface area contributed by atoms with E-state index in [1.807, 2.05) is 26.0 Å². The van der Waals surface area contributed by atoms with Gasteiger partial charge in [0.25, 0.3) is 5.69 Å². The Morgan fingerprint density at radius 3 is 2.86 bits per heavy atom. The molecule has 1 heterocycles. The first-order valence-corrected chi connectivity index (χ1v) is 6.86. The zero-order valence-corrected chi connectivity index (χ0v) is 12.1. The number of aryl methyl sites for hydroxylation is 1. The van der Waals surface area contributed by atoms with E-state index in [-0.39, 0.29) is 16.7 Å². The summed E-state index contributed by atoms with van der Waals surface area (Å²) in [7, 11) is 0. The lowest BCUT2D eigenvalue weighted by Gasteiger charge is -2.17. The van der Waals surface area contributed by atoms with Crippen LogP contribution >= 0.6 is 0 Å². The molecule has 0 radical (unpaired) electrons. The molecular weight excluding hydrogens is 268 g/mol. The van der Waals surface area contributed by atoms with E-state index in [4.69, 9.17) is 0 Å². The minimum Gasteiger partial charge on any atom is -0.304 e. The maximum Gasteiger partial charge on any atom is 0.269 e. The fourth-order valence-electron chi connectivity index (χ4n) is 2.18. The van der Waals surface area contributed by atoms with Gasteiger partial charge in [-0.15, -0.1) is 0 Å². The Bertz CT molecular complexity index is 631. The fourth-order valence-corrected chi connectivity index (χ4v) is 2.18. The third kappa shape index (κ3) is 4.06. The number of nitrogens with one attached hydrogen (secondary N) is 1. The average molecular weight is 286 g/mol. The molecule has 0 saturated carbocycles. The van der Waals surface area contributed by atoms with Gasteiger partial charge in [-0.3, -0.25) is 10.1 Å². The standard InChI is InChI=1S/C15H18N4O2/c1-3-15(12-5-4-6-14(9-12)19(20)21)17-10-13-7-8-16-11(2)18-13/h4-9,15,17H,3,10H2,1-2H3. The molecule has 1 atom stereocenters. The van der Waals surface area contributed by atoms with E-state index in [1.165, 1.54) is 6.07 Å². The molecule has 0 saturated heterocycles. The van der Waals surface area contributed by atoms with Crippen LogP contribution in [0.3, 0.4) is 0 Å². The Balaban J connectivity index is 2.09. The van der Waals surface area contributed by atoms with Crippen LogP contribution in [0.25, 0.3) is 0 Å². The molecule has 1 aromatic heterocycles. The van der Waals surface area contributed by atoms with Crippen molar-refractivity contribution >= 4 is 5.69 Å². The van der Waals surface area contributed by atoms with Gasteiger partial charge in [-0.05, 0) is 25.0 Å². The van der Waals surface area contributed by atoms with Crippen LogP contribution in [0.5, 0.6) is 0 Å².